The zero-order valence-electron chi connectivity index (χ0n) is 16.1. The fraction of sp³-hybridized carbons (Fsp3) is 0.143. The first-order valence-electron chi connectivity index (χ1n) is 9.21. The lowest BCUT2D eigenvalue weighted by Gasteiger charge is -2.16. The lowest BCUT2D eigenvalue weighted by atomic mass is 10.1. The van der Waals surface area contributed by atoms with Crippen LogP contribution in [0, 0.1) is 6.92 Å². The Morgan fingerprint density at radius 2 is 2.07 bits per heavy atom. The number of hydrogen-bond donors (Lipinski definition) is 2. The van der Waals surface area contributed by atoms with Gasteiger partial charge in [-0.2, -0.15) is 0 Å². The number of carbonyl (C=O) groups excluding carboxylic acids is 1. The van der Waals surface area contributed by atoms with Crippen molar-refractivity contribution in [2.24, 2.45) is 5.73 Å². The van der Waals surface area contributed by atoms with Gasteiger partial charge >= 0.3 is 5.97 Å². The molecule has 0 fully saturated rings. The van der Waals surface area contributed by atoms with E-state index in [0.29, 0.717) is 12.0 Å². The van der Waals surface area contributed by atoms with Gasteiger partial charge in [-0.15, -0.1) is 11.3 Å². The number of nitrogens with two attached hydrogens (primary N) is 1. The van der Waals surface area contributed by atoms with Gasteiger partial charge in [0, 0.05) is 34.7 Å². The minimum absolute atomic E-state index is 0.0131. The molecule has 0 radical (unpaired) electrons. The Morgan fingerprint density at radius 3 is 2.73 bits per heavy atom. The van der Waals surface area contributed by atoms with Crippen molar-refractivity contribution in [2.45, 2.75) is 19.8 Å². The molecule has 1 aromatic carbocycles. The molecule has 3 heterocycles. The highest BCUT2D eigenvalue weighted by atomic mass is 32.1. The summed E-state index contributed by atoms with van der Waals surface area (Å²) in [5.41, 5.74) is 9.98. The fourth-order valence-corrected chi connectivity index (χ4v) is 4.10. The van der Waals surface area contributed by atoms with E-state index >= 15 is 0 Å². The number of thiazole rings is 1. The van der Waals surface area contributed by atoms with Gasteiger partial charge in [0.25, 0.3) is 0 Å². The average Bonchev–Trinajstić information content (AvgIpc) is 3.45. The Balaban J connectivity index is 1.82. The second-order valence-electron chi connectivity index (χ2n) is 6.79. The van der Waals surface area contributed by atoms with Gasteiger partial charge < -0.3 is 15.4 Å². The average molecular weight is 421 g/mol. The number of rotatable bonds is 7. The summed E-state index contributed by atoms with van der Waals surface area (Å²) in [6.45, 7) is 1.89. The van der Waals surface area contributed by atoms with Gasteiger partial charge in [-0.1, -0.05) is 0 Å². The number of aryl methyl sites for hydroxylation is 2. The summed E-state index contributed by atoms with van der Waals surface area (Å²) in [6, 6.07) is 9.08. The molecule has 0 saturated heterocycles. The van der Waals surface area contributed by atoms with Crippen molar-refractivity contribution < 1.29 is 14.7 Å². The first kappa shape index (κ1) is 19.6. The van der Waals surface area contributed by atoms with Crippen molar-refractivity contribution in [2.75, 3.05) is 0 Å². The van der Waals surface area contributed by atoms with Crippen LogP contribution in [0.25, 0.3) is 22.2 Å². The molecule has 3 aromatic heterocycles. The minimum Gasteiger partial charge on any atom is -0.481 e. The van der Waals surface area contributed by atoms with E-state index in [1.807, 2.05) is 45.8 Å². The van der Waals surface area contributed by atoms with Crippen LogP contribution in [0.5, 0.6) is 0 Å². The molecule has 4 aromatic rings. The first-order valence-corrected chi connectivity index (χ1v) is 10.1. The second kappa shape index (κ2) is 7.96. The van der Waals surface area contributed by atoms with Gasteiger partial charge in [-0.25, -0.2) is 9.97 Å². The van der Waals surface area contributed by atoms with E-state index in [1.54, 1.807) is 24.7 Å². The van der Waals surface area contributed by atoms with Gasteiger partial charge in [0.1, 0.15) is 12.0 Å². The van der Waals surface area contributed by atoms with Crippen molar-refractivity contribution in [1.82, 2.24) is 19.1 Å². The van der Waals surface area contributed by atoms with E-state index in [0.717, 1.165) is 33.5 Å². The quantitative estimate of drug-likeness (QED) is 0.475. The number of primary amides is 1. The predicted octanol–water partition coefficient (Wildman–Crippen LogP) is 3.21. The molecular formula is C21H19N5O3S. The summed E-state index contributed by atoms with van der Waals surface area (Å²) in [5, 5.41) is 11.9. The van der Waals surface area contributed by atoms with Crippen LogP contribution in [-0.4, -0.2) is 36.1 Å². The van der Waals surface area contributed by atoms with E-state index in [2.05, 4.69) is 4.98 Å². The summed E-state index contributed by atoms with van der Waals surface area (Å²) in [4.78, 5) is 31.5. The van der Waals surface area contributed by atoms with E-state index in [-0.39, 0.29) is 6.42 Å². The number of nitrogens with zero attached hydrogens (tertiary/aromatic N) is 4. The molecule has 9 heteroatoms. The van der Waals surface area contributed by atoms with Crippen LogP contribution < -0.4 is 5.73 Å². The van der Waals surface area contributed by atoms with Gasteiger partial charge in [0.05, 0.1) is 12.1 Å². The number of carboxylic acids is 1. The molecule has 152 valence electrons. The number of aliphatic carboxylic acids is 1. The van der Waals surface area contributed by atoms with E-state index < -0.39 is 11.9 Å². The molecule has 8 nitrogen and oxygen atoms in total. The molecular weight excluding hydrogens is 402 g/mol. The van der Waals surface area contributed by atoms with Crippen molar-refractivity contribution in [3.63, 3.8) is 0 Å². The summed E-state index contributed by atoms with van der Waals surface area (Å²) >= 11 is 1.49. The van der Waals surface area contributed by atoms with E-state index in [4.69, 9.17) is 15.8 Å². The summed E-state index contributed by atoms with van der Waals surface area (Å²) < 4.78 is 3.83. The lowest BCUT2D eigenvalue weighted by molar-refractivity contribution is -0.136. The predicted molar refractivity (Wildman–Crippen MR) is 113 cm³/mol. The summed E-state index contributed by atoms with van der Waals surface area (Å²) in [5.74, 6) is -1.35. The third-order valence-electron chi connectivity index (χ3n) is 4.76. The van der Waals surface area contributed by atoms with Crippen LogP contribution in [0.1, 0.15) is 28.0 Å². The maximum atomic E-state index is 11.5. The van der Waals surface area contributed by atoms with Gasteiger partial charge in [0.15, 0.2) is 5.13 Å². The highest BCUT2D eigenvalue weighted by molar-refractivity contribution is 7.12. The van der Waals surface area contributed by atoms with Crippen molar-refractivity contribution in [3.8, 4) is 22.2 Å². The van der Waals surface area contributed by atoms with Crippen LogP contribution >= 0.6 is 11.3 Å². The standard InChI is InChI=1S/C21H19N5O3S/c1-13-10-14(20(22)29)2-5-17(13)26-15(4-7-19(27)28)3-6-18(26)16-11-30-21(24-16)25-9-8-23-12-25/h2-3,5-6,8-12H,4,7H2,1H3,(H2,22,29)(H,27,28). The Morgan fingerprint density at radius 1 is 1.23 bits per heavy atom. The zero-order valence-corrected chi connectivity index (χ0v) is 17.0. The highest BCUT2D eigenvalue weighted by Crippen LogP contribution is 2.31. The third-order valence-corrected chi connectivity index (χ3v) is 5.61. The normalized spacial score (nSPS) is 11.0. The molecule has 0 aliphatic heterocycles. The Labute approximate surface area is 176 Å². The zero-order chi connectivity index (χ0) is 21.3. The molecule has 0 aliphatic carbocycles. The Kier molecular flexibility index (Phi) is 5.20. The summed E-state index contributed by atoms with van der Waals surface area (Å²) in [6.07, 6.45) is 5.58. The lowest BCUT2D eigenvalue weighted by Crippen LogP contribution is -2.12. The number of carboxylic acid groups (broad SMARTS) is 1. The number of benzene rings is 1. The van der Waals surface area contributed by atoms with Crippen molar-refractivity contribution in [1.29, 1.82) is 0 Å². The van der Waals surface area contributed by atoms with E-state index in [9.17, 15) is 9.59 Å². The van der Waals surface area contributed by atoms with Crippen LogP contribution in [-0.2, 0) is 11.2 Å². The number of aromatic nitrogens is 4. The monoisotopic (exact) mass is 421 g/mol. The maximum absolute atomic E-state index is 11.5. The molecule has 0 saturated carbocycles. The van der Waals surface area contributed by atoms with Crippen LogP contribution in [0.3, 0.4) is 0 Å². The molecule has 0 aliphatic rings. The van der Waals surface area contributed by atoms with Gasteiger partial charge in [-0.3, -0.25) is 14.2 Å². The van der Waals surface area contributed by atoms with Crippen LogP contribution in [0.2, 0.25) is 0 Å². The minimum atomic E-state index is -0.860. The topological polar surface area (TPSA) is 116 Å². The van der Waals surface area contributed by atoms with Crippen LogP contribution in [0.15, 0.2) is 54.4 Å². The smallest absolute Gasteiger partial charge is 0.303 e. The largest absolute Gasteiger partial charge is 0.481 e. The molecule has 0 atom stereocenters. The third kappa shape index (κ3) is 3.74. The molecule has 0 unspecified atom stereocenters. The Bertz CT molecular complexity index is 1220. The SMILES string of the molecule is Cc1cc(C(N)=O)ccc1-n1c(CCC(=O)O)ccc1-c1csc(-n2ccnc2)n1. The molecule has 30 heavy (non-hydrogen) atoms. The summed E-state index contributed by atoms with van der Waals surface area (Å²) in [7, 11) is 0. The first-order chi connectivity index (χ1) is 14.4. The van der Waals surface area contributed by atoms with Gasteiger partial charge in [0.2, 0.25) is 5.91 Å². The number of carbonyl (C=O) groups is 2. The number of amides is 1. The molecule has 3 N–H and O–H groups in total. The van der Waals surface area contributed by atoms with Crippen molar-refractivity contribution in [3.05, 3.63) is 71.3 Å². The second-order valence-corrected chi connectivity index (χ2v) is 7.63. The number of hydrogen-bond acceptors (Lipinski definition) is 5. The molecule has 1 amide bonds. The molecule has 0 bridgehead atoms. The number of imidazole rings is 1. The Hall–Kier alpha value is -3.72. The molecule has 0 spiro atoms. The van der Waals surface area contributed by atoms with E-state index in [1.165, 1.54) is 11.3 Å². The molecule has 4 rings (SSSR count). The highest BCUT2D eigenvalue weighted by Gasteiger charge is 2.18. The van der Waals surface area contributed by atoms with Crippen LogP contribution in [0.4, 0.5) is 0 Å². The van der Waals surface area contributed by atoms with Crippen molar-refractivity contribution >= 4 is 23.2 Å². The fourth-order valence-electron chi connectivity index (χ4n) is 3.33. The van der Waals surface area contributed by atoms with Gasteiger partial charge in [-0.05, 0) is 49.2 Å². The maximum Gasteiger partial charge on any atom is 0.303 e.